The molecule has 2 aliphatic heterocycles. The maximum absolute atomic E-state index is 12.5. The number of carbonyl (C=O) groups is 3. The van der Waals surface area contributed by atoms with Crippen molar-refractivity contribution >= 4 is 23.4 Å². The summed E-state index contributed by atoms with van der Waals surface area (Å²) in [5.41, 5.74) is 2.26. The zero-order chi connectivity index (χ0) is 19.8. The number of amides is 3. The number of aliphatic imine (C=N–C) groups is 1. The summed E-state index contributed by atoms with van der Waals surface area (Å²) < 4.78 is 0. The van der Waals surface area contributed by atoms with Gasteiger partial charge < -0.3 is 10.2 Å². The van der Waals surface area contributed by atoms with Gasteiger partial charge in [-0.15, -0.1) is 0 Å². The van der Waals surface area contributed by atoms with Crippen LogP contribution in [-0.4, -0.2) is 41.4 Å². The van der Waals surface area contributed by atoms with Crippen LogP contribution in [0.5, 0.6) is 0 Å². The maximum Gasteiger partial charge on any atom is 0.249 e. The second kappa shape index (κ2) is 7.25. The van der Waals surface area contributed by atoms with E-state index >= 15 is 0 Å². The molecule has 3 amide bonds. The number of likely N-dealkylation sites (tertiary alicyclic amines) is 1. The Labute approximate surface area is 160 Å². The third-order valence-electron chi connectivity index (χ3n) is 5.38. The number of nitrogens with one attached hydrogen (secondary N) is 1. The van der Waals surface area contributed by atoms with Crippen LogP contribution in [0.4, 0.5) is 0 Å². The lowest BCUT2D eigenvalue weighted by atomic mass is 9.74. The van der Waals surface area contributed by atoms with Crippen molar-refractivity contribution in [3.63, 3.8) is 0 Å². The molecule has 1 saturated heterocycles. The number of hydrogen-bond acceptors (Lipinski definition) is 3. The van der Waals surface area contributed by atoms with E-state index in [1.807, 2.05) is 12.2 Å². The highest BCUT2D eigenvalue weighted by Crippen LogP contribution is 2.38. The lowest BCUT2D eigenvalue weighted by Crippen LogP contribution is -2.39. The van der Waals surface area contributed by atoms with Crippen LogP contribution in [0.1, 0.15) is 40.5 Å². The molecule has 0 radical (unpaired) electrons. The van der Waals surface area contributed by atoms with Crippen LogP contribution in [0.3, 0.4) is 0 Å². The Morgan fingerprint density at radius 1 is 1.19 bits per heavy atom. The summed E-state index contributed by atoms with van der Waals surface area (Å²) in [4.78, 5) is 42.0. The Morgan fingerprint density at radius 3 is 2.44 bits per heavy atom. The highest BCUT2D eigenvalue weighted by Gasteiger charge is 2.33. The molecule has 0 bridgehead atoms. The fraction of sp³-hybridized carbons (Fsp3) is 0.524. The predicted molar refractivity (Wildman–Crippen MR) is 104 cm³/mol. The summed E-state index contributed by atoms with van der Waals surface area (Å²) in [7, 11) is 0. The zero-order valence-electron chi connectivity index (χ0n) is 16.4. The van der Waals surface area contributed by atoms with Crippen molar-refractivity contribution in [2.45, 2.75) is 40.5 Å². The van der Waals surface area contributed by atoms with E-state index in [4.69, 9.17) is 0 Å². The molecule has 0 saturated carbocycles. The largest absolute Gasteiger partial charge is 0.343 e. The Hall–Kier alpha value is -2.50. The van der Waals surface area contributed by atoms with Crippen LogP contribution in [0.15, 0.2) is 40.6 Å². The van der Waals surface area contributed by atoms with Crippen LogP contribution < -0.4 is 5.32 Å². The third kappa shape index (κ3) is 4.26. The molecule has 3 aliphatic rings. The molecule has 0 aromatic carbocycles. The molecule has 2 heterocycles. The van der Waals surface area contributed by atoms with Crippen LogP contribution in [-0.2, 0) is 14.4 Å². The summed E-state index contributed by atoms with van der Waals surface area (Å²) in [6.07, 6.45) is 8.61. The standard InChI is InChI=1S/C21H27N3O3/c1-13(25)24-9-7-14(8-10-24)20(27)22-15-5-6-16-17(21(2,3)4)12-19(26)23-18(16)11-15/h5-6,11-12,14,16H,7-10H2,1-4H3,(H,23,26). The van der Waals surface area contributed by atoms with Crippen molar-refractivity contribution in [1.29, 1.82) is 0 Å². The lowest BCUT2D eigenvalue weighted by Gasteiger charge is -2.35. The minimum atomic E-state index is -0.151. The number of carbonyl (C=O) groups excluding carboxylic acids is 3. The van der Waals surface area contributed by atoms with Crippen LogP contribution in [0.25, 0.3) is 0 Å². The van der Waals surface area contributed by atoms with Crippen molar-refractivity contribution < 1.29 is 14.4 Å². The van der Waals surface area contributed by atoms with E-state index in [2.05, 4.69) is 31.1 Å². The number of nitrogens with zero attached hydrogens (tertiary/aromatic N) is 2. The summed E-state index contributed by atoms with van der Waals surface area (Å²) in [5.74, 6) is -0.380. The van der Waals surface area contributed by atoms with E-state index in [0.29, 0.717) is 31.6 Å². The first kappa shape index (κ1) is 19.3. The van der Waals surface area contributed by atoms with Gasteiger partial charge in [-0.3, -0.25) is 14.4 Å². The van der Waals surface area contributed by atoms with Gasteiger partial charge in [0.2, 0.25) is 17.7 Å². The predicted octanol–water partition coefficient (Wildman–Crippen LogP) is 2.38. The molecule has 27 heavy (non-hydrogen) atoms. The van der Waals surface area contributed by atoms with Crippen molar-refractivity contribution in [3.05, 3.63) is 35.6 Å². The molecular formula is C21H27N3O3. The lowest BCUT2D eigenvalue weighted by molar-refractivity contribution is -0.132. The highest BCUT2D eigenvalue weighted by atomic mass is 16.2. The number of hydrogen-bond donors (Lipinski definition) is 1. The van der Waals surface area contributed by atoms with Crippen molar-refractivity contribution in [1.82, 2.24) is 10.2 Å². The molecule has 3 rings (SSSR count). The normalized spacial score (nSPS) is 24.9. The molecule has 0 spiro atoms. The third-order valence-corrected chi connectivity index (χ3v) is 5.38. The first-order chi connectivity index (χ1) is 12.6. The van der Waals surface area contributed by atoms with Gasteiger partial charge in [-0.1, -0.05) is 26.8 Å². The van der Waals surface area contributed by atoms with Gasteiger partial charge in [0.05, 0.1) is 5.71 Å². The fourth-order valence-electron chi connectivity index (χ4n) is 3.80. The smallest absolute Gasteiger partial charge is 0.249 e. The molecule has 1 N–H and O–H groups in total. The minimum Gasteiger partial charge on any atom is -0.343 e. The topological polar surface area (TPSA) is 78.8 Å². The van der Waals surface area contributed by atoms with Gasteiger partial charge in [-0.25, -0.2) is 4.99 Å². The first-order valence-corrected chi connectivity index (χ1v) is 9.46. The molecule has 1 atom stereocenters. The quantitative estimate of drug-likeness (QED) is 0.771. The van der Waals surface area contributed by atoms with Gasteiger partial charge in [0.15, 0.2) is 0 Å². The summed E-state index contributed by atoms with van der Waals surface area (Å²) in [6.45, 7) is 9.02. The van der Waals surface area contributed by atoms with Crippen molar-refractivity contribution in [2.75, 3.05) is 13.1 Å². The van der Waals surface area contributed by atoms with E-state index in [9.17, 15) is 14.4 Å². The summed E-state index contributed by atoms with van der Waals surface area (Å²) >= 11 is 0. The molecule has 0 aromatic rings. The van der Waals surface area contributed by atoms with Crippen LogP contribution in [0.2, 0.25) is 0 Å². The summed E-state index contributed by atoms with van der Waals surface area (Å²) in [6, 6.07) is 0. The van der Waals surface area contributed by atoms with Crippen LogP contribution >= 0.6 is 0 Å². The number of rotatable bonds is 1. The van der Waals surface area contributed by atoms with Gasteiger partial charge in [-0.05, 0) is 36.0 Å². The second-order valence-corrected chi connectivity index (χ2v) is 8.43. The Balaban J connectivity index is 1.73. The molecule has 0 aromatic heterocycles. The highest BCUT2D eigenvalue weighted by molar-refractivity contribution is 6.11. The van der Waals surface area contributed by atoms with Crippen molar-refractivity contribution in [2.24, 2.45) is 22.2 Å². The fourth-order valence-corrected chi connectivity index (χ4v) is 3.80. The number of allylic oxidation sites excluding steroid dienone is 3. The van der Waals surface area contributed by atoms with Gasteiger partial charge in [0.1, 0.15) is 0 Å². The van der Waals surface area contributed by atoms with Crippen molar-refractivity contribution in [3.8, 4) is 0 Å². The average molecular weight is 369 g/mol. The van der Waals surface area contributed by atoms with E-state index in [0.717, 1.165) is 11.3 Å². The van der Waals surface area contributed by atoms with E-state index in [1.165, 1.54) is 0 Å². The molecule has 6 nitrogen and oxygen atoms in total. The molecule has 1 fully saturated rings. The molecule has 144 valence electrons. The zero-order valence-corrected chi connectivity index (χ0v) is 16.4. The van der Waals surface area contributed by atoms with Gasteiger partial charge >= 0.3 is 0 Å². The number of piperidine rings is 1. The molecule has 1 aliphatic carbocycles. The van der Waals surface area contributed by atoms with Crippen LogP contribution in [0, 0.1) is 17.3 Å². The van der Waals surface area contributed by atoms with Gasteiger partial charge in [0.25, 0.3) is 0 Å². The summed E-state index contributed by atoms with van der Waals surface area (Å²) in [5, 5.41) is 2.88. The maximum atomic E-state index is 12.5. The Kier molecular flexibility index (Phi) is 5.18. The second-order valence-electron chi connectivity index (χ2n) is 8.43. The number of fused-ring (bicyclic) bond motifs is 1. The van der Waals surface area contributed by atoms with E-state index in [-0.39, 0.29) is 35.0 Å². The first-order valence-electron chi connectivity index (χ1n) is 9.46. The molecule has 1 unspecified atom stereocenters. The average Bonchev–Trinajstić information content (AvgIpc) is 2.60. The SMILES string of the molecule is CC(=O)N1CCC(C(=O)N=C2C=CC3C(=C2)NC(=O)C=C3C(C)(C)C)CC1. The van der Waals surface area contributed by atoms with Gasteiger partial charge in [0, 0.05) is 43.6 Å². The monoisotopic (exact) mass is 369 g/mol. The molecule has 6 heteroatoms. The van der Waals surface area contributed by atoms with E-state index < -0.39 is 0 Å². The Bertz CT molecular complexity index is 788. The Morgan fingerprint density at radius 2 is 1.85 bits per heavy atom. The van der Waals surface area contributed by atoms with E-state index in [1.54, 1.807) is 24.0 Å². The minimum absolute atomic E-state index is 0.00978. The van der Waals surface area contributed by atoms with Gasteiger partial charge in [-0.2, -0.15) is 0 Å². The molecular weight excluding hydrogens is 342 g/mol.